The predicted octanol–water partition coefficient (Wildman–Crippen LogP) is 4.83. The van der Waals surface area contributed by atoms with E-state index in [-0.39, 0.29) is 5.41 Å². The predicted molar refractivity (Wildman–Crippen MR) is 80.1 cm³/mol. The van der Waals surface area contributed by atoms with Crippen molar-refractivity contribution in [1.82, 2.24) is 0 Å². The van der Waals surface area contributed by atoms with Gasteiger partial charge in [-0.2, -0.15) is 5.26 Å². The summed E-state index contributed by atoms with van der Waals surface area (Å²) in [6.45, 7) is 9.31. The zero-order valence-corrected chi connectivity index (χ0v) is 12.7. The largest absolute Gasteiger partial charge is 0.192 e. The fraction of sp³-hybridized carbons (Fsp3) is 0.611. The zero-order valence-electron chi connectivity index (χ0n) is 12.7. The van der Waals surface area contributed by atoms with Crippen LogP contribution in [0.25, 0.3) is 0 Å². The van der Waals surface area contributed by atoms with E-state index in [0.717, 1.165) is 5.56 Å². The van der Waals surface area contributed by atoms with Gasteiger partial charge < -0.3 is 0 Å². The molecule has 0 N–H and O–H groups in total. The molecule has 0 aromatic heterocycles. The third kappa shape index (κ3) is 2.54. The summed E-state index contributed by atoms with van der Waals surface area (Å²) in [6, 6.07) is 8.63. The number of benzene rings is 1. The standard InChI is InChI=1S/C18H25N/c1-13(2)11-18(14(3)4)9-5-6-16-8-7-15(12-19)10-17(16)18/h7-8,10,13-14H,5-6,9,11H2,1-4H3. The lowest BCUT2D eigenvalue weighted by Gasteiger charge is -2.44. The molecular formula is C18H25N. The first-order valence-electron chi connectivity index (χ1n) is 7.53. The summed E-state index contributed by atoms with van der Waals surface area (Å²) in [5.41, 5.74) is 4.02. The van der Waals surface area contributed by atoms with E-state index in [0.29, 0.717) is 11.8 Å². The van der Waals surface area contributed by atoms with Crippen molar-refractivity contribution in [3.63, 3.8) is 0 Å². The first kappa shape index (κ1) is 14.1. The number of hydrogen-bond donors (Lipinski definition) is 0. The average Bonchev–Trinajstić information content (AvgIpc) is 2.37. The Morgan fingerprint density at radius 3 is 2.58 bits per heavy atom. The van der Waals surface area contributed by atoms with Crippen molar-refractivity contribution in [2.45, 2.75) is 58.8 Å². The number of aryl methyl sites for hydroxylation is 1. The number of rotatable bonds is 3. The Bertz CT molecular complexity index is 493. The van der Waals surface area contributed by atoms with Crippen LogP contribution in [0.4, 0.5) is 0 Å². The maximum atomic E-state index is 9.18. The highest BCUT2D eigenvalue weighted by Gasteiger charge is 2.39. The fourth-order valence-electron chi connectivity index (χ4n) is 3.83. The third-order valence-electron chi connectivity index (χ3n) is 4.72. The molecule has 0 saturated heterocycles. The van der Waals surface area contributed by atoms with Crippen molar-refractivity contribution in [2.75, 3.05) is 0 Å². The zero-order chi connectivity index (χ0) is 14.0. The molecule has 1 unspecified atom stereocenters. The molecule has 0 bridgehead atoms. The lowest BCUT2D eigenvalue weighted by molar-refractivity contribution is 0.216. The third-order valence-corrected chi connectivity index (χ3v) is 4.72. The number of nitrogens with zero attached hydrogens (tertiary/aromatic N) is 1. The van der Waals surface area contributed by atoms with Crippen molar-refractivity contribution >= 4 is 0 Å². The summed E-state index contributed by atoms with van der Waals surface area (Å²) in [4.78, 5) is 0. The van der Waals surface area contributed by atoms with Gasteiger partial charge in [-0.05, 0) is 66.2 Å². The van der Waals surface area contributed by atoms with Crippen LogP contribution < -0.4 is 0 Å². The summed E-state index contributed by atoms with van der Waals surface area (Å²) in [7, 11) is 0. The maximum Gasteiger partial charge on any atom is 0.0991 e. The van der Waals surface area contributed by atoms with Crippen LogP contribution in [-0.4, -0.2) is 0 Å². The molecule has 1 aromatic rings. The lowest BCUT2D eigenvalue weighted by atomic mass is 9.60. The van der Waals surface area contributed by atoms with Crippen LogP contribution in [0, 0.1) is 23.2 Å². The minimum atomic E-state index is 0.272. The molecule has 1 atom stereocenters. The molecule has 1 aliphatic carbocycles. The molecule has 102 valence electrons. The van der Waals surface area contributed by atoms with E-state index in [1.807, 2.05) is 6.07 Å². The van der Waals surface area contributed by atoms with E-state index in [1.54, 1.807) is 0 Å². The second-order valence-corrected chi connectivity index (χ2v) is 6.75. The monoisotopic (exact) mass is 255 g/mol. The normalized spacial score (nSPS) is 22.4. The second-order valence-electron chi connectivity index (χ2n) is 6.75. The number of nitriles is 1. The molecule has 1 aromatic carbocycles. The van der Waals surface area contributed by atoms with Crippen LogP contribution in [0.3, 0.4) is 0 Å². The summed E-state index contributed by atoms with van der Waals surface area (Å²) >= 11 is 0. The summed E-state index contributed by atoms with van der Waals surface area (Å²) in [6.07, 6.45) is 4.95. The van der Waals surface area contributed by atoms with E-state index in [4.69, 9.17) is 0 Å². The van der Waals surface area contributed by atoms with Crippen LogP contribution in [0.5, 0.6) is 0 Å². The Balaban J connectivity index is 2.56. The lowest BCUT2D eigenvalue weighted by Crippen LogP contribution is -2.37. The van der Waals surface area contributed by atoms with Gasteiger partial charge in [0.15, 0.2) is 0 Å². The van der Waals surface area contributed by atoms with Crippen molar-refractivity contribution in [3.05, 3.63) is 34.9 Å². The Morgan fingerprint density at radius 2 is 2.00 bits per heavy atom. The van der Waals surface area contributed by atoms with Gasteiger partial charge >= 0.3 is 0 Å². The van der Waals surface area contributed by atoms with Gasteiger partial charge in [0, 0.05) is 0 Å². The minimum absolute atomic E-state index is 0.272. The topological polar surface area (TPSA) is 23.8 Å². The Hall–Kier alpha value is -1.29. The summed E-state index contributed by atoms with van der Waals surface area (Å²) in [5, 5.41) is 9.18. The van der Waals surface area contributed by atoms with Crippen molar-refractivity contribution in [3.8, 4) is 6.07 Å². The molecule has 1 nitrogen and oxygen atoms in total. The molecule has 19 heavy (non-hydrogen) atoms. The summed E-state index contributed by atoms with van der Waals surface area (Å²) < 4.78 is 0. The molecule has 2 rings (SSSR count). The van der Waals surface area contributed by atoms with Gasteiger partial charge in [0.1, 0.15) is 0 Å². The molecular weight excluding hydrogens is 230 g/mol. The highest BCUT2D eigenvalue weighted by atomic mass is 14.4. The van der Waals surface area contributed by atoms with Gasteiger partial charge in [0.2, 0.25) is 0 Å². The van der Waals surface area contributed by atoms with E-state index >= 15 is 0 Å². The highest BCUT2D eigenvalue weighted by molar-refractivity contribution is 5.44. The Morgan fingerprint density at radius 1 is 1.26 bits per heavy atom. The van der Waals surface area contributed by atoms with Crippen molar-refractivity contribution in [1.29, 1.82) is 5.26 Å². The molecule has 0 heterocycles. The molecule has 0 fully saturated rings. The average molecular weight is 255 g/mol. The highest BCUT2D eigenvalue weighted by Crippen LogP contribution is 2.47. The van der Waals surface area contributed by atoms with Gasteiger partial charge in [-0.25, -0.2) is 0 Å². The van der Waals surface area contributed by atoms with Crippen LogP contribution in [-0.2, 0) is 11.8 Å². The SMILES string of the molecule is CC(C)CC1(C(C)C)CCCc2ccc(C#N)cc21. The van der Waals surface area contributed by atoms with Crippen LogP contribution in [0.15, 0.2) is 18.2 Å². The Kier molecular flexibility index (Phi) is 3.99. The van der Waals surface area contributed by atoms with E-state index in [9.17, 15) is 5.26 Å². The first-order valence-corrected chi connectivity index (χ1v) is 7.53. The molecule has 0 aliphatic heterocycles. The van der Waals surface area contributed by atoms with E-state index < -0.39 is 0 Å². The van der Waals surface area contributed by atoms with Crippen molar-refractivity contribution in [2.24, 2.45) is 11.8 Å². The van der Waals surface area contributed by atoms with E-state index in [1.165, 1.54) is 36.8 Å². The fourth-order valence-corrected chi connectivity index (χ4v) is 3.83. The molecule has 0 spiro atoms. The van der Waals surface area contributed by atoms with E-state index in [2.05, 4.69) is 45.9 Å². The quantitative estimate of drug-likeness (QED) is 0.758. The van der Waals surface area contributed by atoms with Crippen molar-refractivity contribution < 1.29 is 0 Å². The smallest absolute Gasteiger partial charge is 0.0991 e. The Labute approximate surface area is 117 Å². The first-order chi connectivity index (χ1) is 8.99. The maximum absolute atomic E-state index is 9.18. The minimum Gasteiger partial charge on any atom is -0.192 e. The van der Waals surface area contributed by atoms with Crippen LogP contribution in [0.2, 0.25) is 0 Å². The molecule has 0 radical (unpaired) electrons. The summed E-state index contributed by atoms with van der Waals surface area (Å²) in [5.74, 6) is 1.32. The second kappa shape index (κ2) is 5.37. The molecule has 1 aliphatic rings. The van der Waals surface area contributed by atoms with Gasteiger partial charge in [-0.15, -0.1) is 0 Å². The number of hydrogen-bond acceptors (Lipinski definition) is 1. The molecule has 0 saturated carbocycles. The molecule has 0 amide bonds. The van der Waals surface area contributed by atoms with Gasteiger partial charge in [-0.1, -0.05) is 33.8 Å². The number of fused-ring (bicyclic) bond motifs is 1. The molecule has 1 heteroatoms. The van der Waals surface area contributed by atoms with Crippen LogP contribution >= 0.6 is 0 Å². The van der Waals surface area contributed by atoms with Gasteiger partial charge in [0.25, 0.3) is 0 Å². The van der Waals surface area contributed by atoms with Gasteiger partial charge in [-0.3, -0.25) is 0 Å². The van der Waals surface area contributed by atoms with Gasteiger partial charge in [0.05, 0.1) is 11.6 Å². The van der Waals surface area contributed by atoms with Crippen LogP contribution in [0.1, 0.15) is 63.6 Å².